The molecule has 0 aliphatic carbocycles. The lowest BCUT2D eigenvalue weighted by atomic mass is 10.1. The molecule has 0 radical (unpaired) electrons. The van der Waals surface area contributed by atoms with Crippen LogP contribution in [0, 0.1) is 6.92 Å². The van der Waals surface area contributed by atoms with Crippen LogP contribution in [0.3, 0.4) is 0 Å². The minimum absolute atomic E-state index is 0.955. The van der Waals surface area contributed by atoms with E-state index >= 15 is 0 Å². The molecule has 0 unspecified atom stereocenters. The maximum atomic E-state index is 4.69. The summed E-state index contributed by atoms with van der Waals surface area (Å²) in [7, 11) is 1.99. The first kappa shape index (κ1) is 13.2. The zero-order chi connectivity index (χ0) is 12.8. The van der Waals surface area contributed by atoms with Crippen molar-refractivity contribution in [2.24, 2.45) is 0 Å². The van der Waals surface area contributed by atoms with E-state index in [9.17, 15) is 0 Å². The van der Waals surface area contributed by atoms with E-state index in [4.69, 9.17) is 4.98 Å². The van der Waals surface area contributed by atoms with Gasteiger partial charge in [-0.15, -0.1) is 11.3 Å². The molecule has 1 N–H and O–H groups in total. The van der Waals surface area contributed by atoms with Gasteiger partial charge in [0, 0.05) is 11.8 Å². The summed E-state index contributed by atoms with van der Waals surface area (Å²) >= 11 is 1.78. The highest BCUT2D eigenvalue weighted by Crippen LogP contribution is 2.16. The van der Waals surface area contributed by atoms with Crippen LogP contribution >= 0.6 is 11.3 Å². The zero-order valence-electron chi connectivity index (χ0n) is 11.1. The molecule has 1 heterocycles. The van der Waals surface area contributed by atoms with E-state index in [0.29, 0.717) is 0 Å². The molecule has 0 atom stereocenters. The van der Waals surface area contributed by atoms with Crippen molar-refractivity contribution < 1.29 is 0 Å². The van der Waals surface area contributed by atoms with Gasteiger partial charge in [0.15, 0.2) is 0 Å². The lowest BCUT2D eigenvalue weighted by Gasteiger charge is -1.99. The number of thiazole rings is 1. The van der Waals surface area contributed by atoms with Crippen LogP contribution in [-0.2, 0) is 12.8 Å². The molecule has 0 fully saturated rings. The van der Waals surface area contributed by atoms with Gasteiger partial charge < -0.3 is 5.32 Å². The van der Waals surface area contributed by atoms with Crippen molar-refractivity contribution in [3.05, 3.63) is 51.5 Å². The van der Waals surface area contributed by atoms with E-state index in [-0.39, 0.29) is 0 Å². The minimum Gasteiger partial charge on any atom is -0.320 e. The summed E-state index contributed by atoms with van der Waals surface area (Å²) in [6, 6.07) is 8.71. The third-order valence-corrected chi connectivity index (χ3v) is 3.83. The Hall–Kier alpha value is -1.19. The fraction of sp³-hybridized carbons (Fsp3) is 0.400. The van der Waals surface area contributed by atoms with Gasteiger partial charge in [-0.3, -0.25) is 0 Å². The van der Waals surface area contributed by atoms with Gasteiger partial charge in [-0.25, -0.2) is 4.98 Å². The summed E-state index contributed by atoms with van der Waals surface area (Å²) in [6.45, 7) is 3.18. The smallest absolute Gasteiger partial charge is 0.0972 e. The van der Waals surface area contributed by atoms with Crippen molar-refractivity contribution in [2.45, 2.75) is 26.2 Å². The molecule has 0 spiro atoms. The fourth-order valence-corrected chi connectivity index (χ4v) is 2.73. The molecule has 2 rings (SSSR count). The van der Waals surface area contributed by atoms with E-state index in [0.717, 1.165) is 25.8 Å². The Morgan fingerprint density at radius 3 is 2.72 bits per heavy atom. The number of hydrogen-bond acceptors (Lipinski definition) is 3. The number of aryl methyl sites for hydroxylation is 2. The first-order valence-corrected chi connectivity index (χ1v) is 7.29. The molecule has 0 amide bonds. The van der Waals surface area contributed by atoms with Crippen molar-refractivity contribution in [3.8, 4) is 0 Å². The molecule has 1 aromatic heterocycles. The first-order valence-electron chi connectivity index (χ1n) is 6.41. The van der Waals surface area contributed by atoms with Crippen LogP contribution < -0.4 is 5.32 Å². The normalized spacial score (nSPS) is 10.8. The first-order chi connectivity index (χ1) is 8.78. The number of rotatable bonds is 6. The van der Waals surface area contributed by atoms with Gasteiger partial charge in [0.25, 0.3) is 0 Å². The Morgan fingerprint density at radius 1 is 1.22 bits per heavy atom. The summed E-state index contributed by atoms with van der Waals surface area (Å²) in [5.41, 5.74) is 3.89. The molecule has 0 bridgehead atoms. The molecule has 0 aliphatic heterocycles. The Kier molecular flexibility index (Phi) is 4.90. The Bertz CT molecular complexity index is 473. The minimum atomic E-state index is 0.955. The summed E-state index contributed by atoms with van der Waals surface area (Å²) in [5, 5.41) is 6.58. The van der Waals surface area contributed by atoms with Crippen LogP contribution in [0.15, 0.2) is 29.6 Å². The molecule has 18 heavy (non-hydrogen) atoms. The van der Waals surface area contributed by atoms with Gasteiger partial charge in [0.2, 0.25) is 0 Å². The van der Waals surface area contributed by atoms with E-state index in [1.807, 2.05) is 7.05 Å². The van der Waals surface area contributed by atoms with Crippen molar-refractivity contribution >= 4 is 11.3 Å². The van der Waals surface area contributed by atoms with Crippen molar-refractivity contribution in [3.63, 3.8) is 0 Å². The molecule has 3 heteroatoms. The topological polar surface area (TPSA) is 24.9 Å². The summed E-state index contributed by atoms with van der Waals surface area (Å²) in [5.74, 6) is 0. The Labute approximate surface area is 113 Å². The van der Waals surface area contributed by atoms with Crippen molar-refractivity contribution in [1.82, 2.24) is 10.3 Å². The lowest BCUT2D eigenvalue weighted by Crippen LogP contribution is -2.08. The van der Waals surface area contributed by atoms with Crippen LogP contribution in [0.1, 0.15) is 28.2 Å². The zero-order valence-corrected chi connectivity index (χ0v) is 11.9. The monoisotopic (exact) mass is 260 g/mol. The second-order valence-electron chi connectivity index (χ2n) is 4.60. The maximum absolute atomic E-state index is 4.69. The molecule has 0 saturated carbocycles. The van der Waals surface area contributed by atoms with E-state index in [1.54, 1.807) is 11.3 Å². The molecule has 1 aromatic carbocycles. The molecule has 0 saturated heterocycles. The Balaban J connectivity index is 1.91. The van der Waals surface area contributed by atoms with Gasteiger partial charge in [-0.05, 0) is 38.9 Å². The molecule has 2 aromatic rings. The van der Waals surface area contributed by atoms with Gasteiger partial charge in [0.1, 0.15) is 0 Å². The highest BCUT2D eigenvalue weighted by Gasteiger charge is 2.03. The SMILES string of the molecule is CNCCCc1csc(Cc2ccc(C)cc2)n1. The fourth-order valence-electron chi connectivity index (χ4n) is 1.87. The second kappa shape index (κ2) is 6.66. The number of aromatic nitrogens is 1. The van der Waals surface area contributed by atoms with Crippen LogP contribution in [0.4, 0.5) is 0 Å². The van der Waals surface area contributed by atoms with Crippen LogP contribution in [-0.4, -0.2) is 18.6 Å². The van der Waals surface area contributed by atoms with Crippen LogP contribution in [0.25, 0.3) is 0 Å². The standard InChI is InChI=1S/C15H20N2S/c1-12-5-7-13(8-6-12)10-15-17-14(11-18-15)4-3-9-16-2/h5-8,11,16H,3-4,9-10H2,1-2H3. The quantitative estimate of drug-likeness (QED) is 0.807. The number of benzene rings is 1. The van der Waals surface area contributed by atoms with Crippen molar-refractivity contribution in [2.75, 3.05) is 13.6 Å². The van der Waals surface area contributed by atoms with Gasteiger partial charge >= 0.3 is 0 Å². The van der Waals surface area contributed by atoms with E-state index in [1.165, 1.54) is 21.8 Å². The number of nitrogens with zero attached hydrogens (tertiary/aromatic N) is 1. The predicted molar refractivity (Wildman–Crippen MR) is 78.3 cm³/mol. The molecular weight excluding hydrogens is 240 g/mol. The third-order valence-electron chi connectivity index (χ3n) is 2.93. The molecular formula is C15H20N2S. The van der Waals surface area contributed by atoms with Gasteiger partial charge in [0.05, 0.1) is 10.7 Å². The summed E-state index contributed by atoms with van der Waals surface area (Å²) < 4.78 is 0. The Morgan fingerprint density at radius 2 is 2.00 bits per heavy atom. The van der Waals surface area contributed by atoms with E-state index < -0.39 is 0 Å². The van der Waals surface area contributed by atoms with Crippen LogP contribution in [0.5, 0.6) is 0 Å². The average molecular weight is 260 g/mol. The molecule has 0 aliphatic rings. The van der Waals surface area contributed by atoms with Gasteiger partial charge in [-0.2, -0.15) is 0 Å². The average Bonchev–Trinajstić information content (AvgIpc) is 2.80. The predicted octanol–water partition coefficient (Wildman–Crippen LogP) is 3.19. The summed E-state index contributed by atoms with van der Waals surface area (Å²) in [4.78, 5) is 4.69. The van der Waals surface area contributed by atoms with Crippen molar-refractivity contribution in [1.29, 1.82) is 0 Å². The van der Waals surface area contributed by atoms with Gasteiger partial charge in [-0.1, -0.05) is 29.8 Å². The van der Waals surface area contributed by atoms with Crippen LogP contribution in [0.2, 0.25) is 0 Å². The molecule has 2 nitrogen and oxygen atoms in total. The third kappa shape index (κ3) is 3.93. The number of nitrogens with one attached hydrogen (secondary N) is 1. The highest BCUT2D eigenvalue weighted by atomic mass is 32.1. The second-order valence-corrected chi connectivity index (χ2v) is 5.54. The summed E-state index contributed by atoms with van der Waals surface area (Å²) in [6.07, 6.45) is 3.19. The largest absolute Gasteiger partial charge is 0.320 e. The molecule has 96 valence electrons. The maximum Gasteiger partial charge on any atom is 0.0972 e. The van der Waals surface area contributed by atoms with E-state index in [2.05, 4.69) is 41.9 Å². The lowest BCUT2D eigenvalue weighted by molar-refractivity contribution is 0.716. The number of hydrogen-bond donors (Lipinski definition) is 1. The highest BCUT2D eigenvalue weighted by molar-refractivity contribution is 7.09.